The summed E-state index contributed by atoms with van der Waals surface area (Å²) in [4.78, 5) is 27.7. The number of hydrogen-bond donors (Lipinski definition) is 0. The third kappa shape index (κ3) is 4.55. The van der Waals surface area contributed by atoms with Gasteiger partial charge in [-0.1, -0.05) is 30.3 Å². The van der Waals surface area contributed by atoms with Gasteiger partial charge in [-0.2, -0.15) is 0 Å². The smallest absolute Gasteiger partial charge is 0.265 e. The molecule has 1 aliphatic rings. The van der Waals surface area contributed by atoms with Crippen molar-refractivity contribution in [2.24, 2.45) is 0 Å². The number of carbonyl (C=O) groups excluding carboxylic acids is 2. The van der Waals surface area contributed by atoms with Crippen molar-refractivity contribution in [3.8, 4) is 11.5 Å². The van der Waals surface area contributed by atoms with E-state index in [9.17, 15) is 9.59 Å². The molecule has 8 heteroatoms. The molecule has 2 aromatic rings. The molecule has 2 aromatic carbocycles. The first-order chi connectivity index (χ1) is 14.3. The van der Waals surface area contributed by atoms with Crippen LogP contribution in [0.3, 0.4) is 0 Å². The lowest BCUT2D eigenvalue weighted by Crippen LogP contribution is -2.52. The van der Waals surface area contributed by atoms with Crippen LogP contribution in [0.5, 0.6) is 11.5 Å². The van der Waals surface area contributed by atoms with Crippen molar-refractivity contribution in [3.05, 3.63) is 63.6 Å². The van der Waals surface area contributed by atoms with Crippen molar-refractivity contribution >= 4 is 51.2 Å². The first-order valence-electron chi connectivity index (χ1n) is 9.28. The number of benzene rings is 2. The fourth-order valence-electron chi connectivity index (χ4n) is 2.95. The summed E-state index contributed by atoms with van der Waals surface area (Å²) in [6.07, 6.45) is 1.54. The molecule has 0 spiro atoms. The van der Waals surface area contributed by atoms with Crippen LogP contribution in [0.25, 0.3) is 6.08 Å². The van der Waals surface area contributed by atoms with E-state index in [2.05, 4.69) is 15.9 Å². The highest BCUT2D eigenvalue weighted by Crippen LogP contribution is 2.38. The van der Waals surface area contributed by atoms with Crippen LogP contribution in [0.4, 0.5) is 0 Å². The third-order valence-electron chi connectivity index (χ3n) is 4.51. The lowest BCUT2D eigenvalue weighted by molar-refractivity contribution is -0.132. The predicted molar refractivity (Wildman–Crippen MR) is 122 cm³/mol. The van der Waals surface area contributed by atoms with E-state index in [1.807, 2.05) is 37.3 Å². The standard InChI is InChI=1S/C22H21BrN2O4S/c1-4-28-18-12-15(10-16-20(26)24(2)22(30)25(3)21(16)27)11-17(23)19(18)29-13-14-8-6-5-7-9-14/h5-12H,4,13H2,1-3H3. The zero-order valence-electron chi connectivity index (χ0n) is 16.8. The predicted octanol–water partition coefficient (Wildman–Crippen LogP) is 4.03. The molecule has 156 valence electrons. The van der Waals surface area contributed by atoms with Crippen LogP contribution in [0.15, 0.2) is 52.5 Å². The van der Waals surface area contributed by atoms with Gasteiger partial charge in [-0.3, -0.25) is 19.4 Å². The van der Waals surface area contributed by atoms with E-state index in [4.69, 9.17) is 21.7 Å². The quantitative estimate of drug-likeness (QED) is 0.349. The Balaban J connectivity index is 1.94. The Bertz CT molecular complexity index is 997. The van der Waals surface area contributed by atoms with Gasteiger partial charge in [0.1, 0.15) is 12.2 Å². The molecule has 1 fully saturated rings. The molecule has 0 unspecified atom stereocenters. The normalized spacial score (nSPS) is 14.3. The maximum atomic E-state index is 12.6. The van der Waals surface area contributed by atoms with Crippen molar-refractivity contribution < 1.29 is 19.1 Å². The van der Waals surface area contributed by atoms with Gasteiger partial charge >= 0.3 is 0 Å². The number of rotatable bonds is 6. The minimum Gasteiger partial charge on any atom is -0.490 e. The van der Waals surface area contributed by atoms with Crippen LogP contribution >= 0.6 is 28.1 Å². The molecule has 0 saturated carbocycles. The molecule has 1 saturated heterocycles. The molecule has 2 amide bonds. The Morgan fingerprint density at radius 2 is 1.67 bits per heavy atom. The minimum absolute atomic E-state index is 0.0286. The van der Waals surface area contributed by atoms with Crippen molar-refractivity contribution in [3.63, 3.8) is 0 Å². The van der Waals surface area contributed by atoms with Crippen LogP contribution in [0.2, 0.25) is 0 Å². The Labute approximate surface area is 189 Å². The summed E-state index contributed by atoms with van der Waals surface area (Å²) in [5.41, 5.74) is 1.68. The highest BCUT2D eigenvalue weighted by atomic mass is 79.9. The van der Waals surface area contributed by atoms with Crippen LogP contribution in [-0.4, -0.2) is 47.4 Å². The third-order valence-corrected chi connectivity index (χ3v) is 5.65. The summed E-state index contributed by atoms with van der Waals surface area (Å²) < 4.78 is 12.4. The van der Waals surface area contributed by atoms with E-state index in [0.29, 0.717) is 34.7 Å². The summed E-state index contributed by atoms with van der Waals surface area (Å²) in [5, 5.41) is 0.169. The number of halogens is 1. The maximum Gasteiger partial charge on any atom is 0.265 e. The van der Waals surface area contributed by atoms with Gasteiger partial charge in [-0.15, -0.1) is 0 Å². The first kappa shape index (κ1) is 22.0. The maximum absolute atomic E-state index is 12.6. The number of amides is 2. The number of carbonyl (C=O) groups is 2. The molecule has 1 heterocycles. The zero-order chi connectivity index (χ0) is 21.8. The van der Waals surface area contributed by atoms with Gasteiger partial charge in [-0.05, 0) is 64.4 Å². The number of thiocarbonyl (C=S) groups is 1. The van der Waals surface area contributed by atoms with E-state index in [1.165, 1.54) is 15.9 Å². The van der Waals surface area contributed by atoms with Crippen LogP contribution < -0.4 is 9.47 Å². The number of ether oxygens (including phenoxy) is 2. The molecule has 30 heavy (non-hydrogen) atoms. The van der Waals surface area contributed by atoms with Gasteiger partial charge in [0.25, 0.3) is 11.8 Å². The van der Waals surface area contributed by atoms with E-state index in [0.717, 1.165) is 5.56 Å². The number of likely N-dealkylation sites (N-methyl/N-ethyl adjacent to an activating group) is 2. The van der Waals surface area contributed by atoms with Gasteiger partial charge in [0.2, 0.25) is 0 Å². The molecule has 1 aliphatic heterocycles. The molecule has 0 radical (unpaired) electrons. The van der Waals surface area contributed by atoms with Gasteiger partial charge in [0.15, 0.2) is 16.6 Å². The van der Waals surface area contributed by atoms with Gasteiger partial charge in [-0.25, -0.2) is 0 Å². The summed E-state index contributed by atoms with van der Waals surface area (Å²) in [5.74, 6) is 0.185. The molecule has 0 N–H and O–H groups in total. The molecular weight excluding hydrogens is 468 g/mol. The minimum atomic E-state index is -0.443. The summed E-state index contributed by atoms with van der Waals surface area (Å²) >= 11 is 8.65. The van der Waals surface area contributed by atoms with Gasteiger partial charge < -0.3 is 9.47 Å². The van der Waals surface area contributed by atoms with E-state index < -0.39 is 11.8 Å². The molecule has 0 bridgehead atoms. The topological polar surface area (TPSA) is 59.1 Å². The average Bonchev–Trinajstić information content (AvgIpc) is 2.74. The number of nitrogens with zero attached hydrogens (tertiary/aromatic N) is 2. The van der Waals surface area contributed by atoms with Crippen molar-refractivity contribution in [2.75, 3.05) is 20.7 Å². The largest absolute Gasteiger partial charge is 0.490 e. The fourth-order valence-corrected chi connectivity index (χ4v) is 3.69. The first-order valence-corrected chi connectivity index (χ1v) is 10.5. The monoisotopic (exact) mass is 488 g/mol. The summed E-state index contributed by atoms with van der Waals surface area (Å²) in [6.45, 7) is 2.69. The zero-order valence-corrected chi connectivity index (χ0v) is 19.2. The van der Waals surface area contributed by atoms with E-state index >= 15 is 0 Å². The second kappa shape index (κ2) is 9.40. The Kier molecular flexibility index (Phi) is 6.89. The highest BCUT2D eigenvalue weighted by Gasteiger charge is 2.35. The molecule has 0 aliphatic carbocycles. The van der Waals surface area contributed by atoms with Crippen LogP contribution in [0.1, 0.15) is 18.1 Å². The average molecular weight is 489 g/mol. The number of hydrogen-bond acceptors (Lipinski definition) is 5. The SMILES string of the molecule is CCOc1cc(C=C2C(=O)N(C)C(=S)N(C)C2=O)cc(Br)c1OCc1ccccc1. The van der Waals surface area contributed by atoms with Crippen molar-refractivity contribution in [1.29, 1.82) is 0 Å². The second-order valence-corrected chi connectivity index (χ2v) is 7.83. The summed E-state index contributed by atoms with van der Waals surface area (Å²) in [7, 11) is 3.09. The Morgan fingerprint density at radius 1 is 1.03 bits per heavy atom. The molecule has 0 atom stereocenters. The van der Waals surface area contributed by atoms with Crippen molar-refractivity contribution in [1.82, 2.24) is 9.80 Å². The molecule has 3 rings (SSSR count). The van der Waals surface area contributed by atoms with Gasteiger partial charge in [0, 0.05) is 14.1 Å². The summed E-state index contributed by atoms with van der Waals surface area (Å²) in [6, 6.07) is 13.3. The van der Waals surface area contributed by atoms with Gasteiger partial charge in [0.05, 0.1) is 11.1 Å². The Hall–Kier alpha value is -2.71. The van der Waals surface area contributed by atoms with E-state index in [-0.39, 0.29) is 10.7 Å². The second-order valence-electron chi connectivity index (χ2n) is 6.61. The fraction of sp³-hybridized carbons (Fsp3) is 0.227. The van der Waals surface area contributed by atoms with Crippen LogP contribution in [0, 0.1) is 0 Å². The highest BCUT2D eigenvalue weighted by molar-refractivity contribution is 9.10. The van der Waals surface area contributed by atoms with Crippen molar-refractivity contribution in [2.45, 2.75) is 13.5 Å². The molecular formula is C22H21BrN2O4S. The van der Waals surface area contributed by atoms with Crippen LogP contribution in [-0.2, 0) is 16.2 Å². The lowest BCUT2D eigenvalue weighted by atomic mass is 10.1. The molecule has 6 nitrogen and oxygen atoms in total. The Morgan fingerprint density at radius 3 is 2.27 bits per heavy atom. The lowest BCUT2D eigenvalue weighted by Gasteiger charge is -2.31. The molecule has 0 aromatic heterocycles. The van der Waals surface area contributed by atoms with E-state index in [1.54, 1.807) is 26.2 Å².